The highest BCUT2D eigenvalue weighted by atomic mass is 32.2. The maximum Gasteiger partial charge on any atom is 0.322 e. The van der Waals surface area contributed by atoms with E-state index in [1.807, 2.05) is 27.0 Å². The van der Waals surface area contributed by atoms with Gasteiger partial charge in [-0.2, -0.15) is 20.1 Å². The topological polar surface area (TPSA) is 77.8 Å². The lowest BCUT2D eigenvalue weighted by atomic mass is 10.5. The zero-order valence-electron chi connectivity index (χ0n) is 12.0. The third-order valence-corrected chi connectivity index (χ3v) is 3.36. The number of hydrogen-bond acceptors (Lipinski definition) is 7. The Morgan fingerprint density at radius 3 is 2.75 bits per heavy atom. The van der Waals surface area contributed by atoms with Crippen LogP contribution in [0.1, 0.15) is 19.0 Å². The van der Waals surface area contributed by atoms with Crippen molar-refractivity contribution in [1.82, 2.24) is 24.7 Å². The van der Waals surface area contributed by atoms with E-state index < -0.39 is 0 Å². The molecule has 0 radical (unpaired) electrons. The number of nitrogens with one attached hydrogen (secondary N) is 1. The first-order chi connectivity index (χ1) is 9.62. The molecule has 0 atom stereocenters. The van der Waals surface area contributed by atoms with Crippen molar-refractivity contribution in [2.75, 3.05) is 19.0 Å². The maximum absolute atomic E-state index is 5.47. The number of aryl methyl sites for hydroxylation is 2. The number of aromatic nitrogens is 5. The van der Waals surface area contributed by atoms with Crippen molar-refractivity contribution >= 4 is 17.7 Å². The molecular weight excluding hydrogens is 276 g/mol. The Balaban J connectivity index is 2.23. The van der Waals surface area contributed by atoms with Crippen LogP contribution >= 0.6 is 11.8 Å². The van der Waals surface area contributed by atoms with Crippen molar-refractivity contribution in [3.63, 3.8) is 0 Å². The Hall–Kier alpha value is -1.83. The summed E-state index contributed by atoms with van der Waals surface area (Å²) in [6, 6.07) is 2.33. The fraction of sp³-hybridized carbons (Fsp3) is 0.500. The highest BCUT2D eigenvalue weighted by Gasteiger charge is 2.11. The first-order valence-corrected chi connectivity index (χ1v) is 7.19. The molecule has 2 aromatic heterocycles. The van der Waals surface area contributed by atoms with Crippen LogP contribution in [0.4, 0.5) is 5.95 Å². The van der Waals surface area contributed by atoms with Crippen LogP contribution in [0.5, 0.6) is 6.01 Å². The second kappa shape index (κ2) is 6.56. The minimum atomic E-state index is 0.340. The highest BCUT2D eigenvalue weighted by Crippen LogP contribution is 2.26. The molecule has 1 N–H and O–H groups in total. The molecule has 2 heterocycles. The van der Waals surface area contributed by atoms with E-state index in [4.69, 9.17) is 4.74 Å². The van der Waals surface area contributed by atoms with Gasteiger partial charge in [-0.05, 0) is 31.2 Å². The third kappa shape index (κ3) is 3.60. The Labute approximate surface area is 122 Å². The third-order valence-electron chi connectivity index (χ3n) is 2.41. The maximum atomic E-state index is 5.47. The largest absolute Gasteiger partial charge is 0.463 e. The van der Waals surface area contributed by atoms with Gasteiger partial charge < -0.3 is 10.1 Å². The van der Waals surface area contributed by atoms with Gasteiger partial charge in [0.1, 0.15) is 5.03 Å². The predicted octanol–water partition coefficient (Wildman–Crippen LogP) is 1.90. The molecule has 2 rings (SSSR count). The Morgan fingerprint density at radius 2 is 2.15 bits per heavy atom. The first kappa shape index (κ1) is 14.6. The van der Waals surface area contributed by atoms with Crippen LogP contribution in [0.15, 0.2) is 16.2 Å². The molecular formula is C12H18N6OS. The van der Waals surface area contributed by atoms with E-state index in [0.29, 0.717) is 23.7 Å². The minimum Gasteiger partial charge on any atom is -0.463 e. The zero-order chi connectivity index (χ0) is 14.5. The van der Waals surface area contributed by atoms with Gasteiger partial charge in [-0.3, -0.25) is 4.68 Å². The van der Waals surface area contributed by atoms with E-state index in [-0.39, 0.29) is 0 Å². The van der Waals surface area contributed by atoms with Crippen LogP contribution < -0.4 is 10.1 Å². The van der Waals surface area contributed by atoms with Crippen molar-refractivity contribution in [2.24, 2.45) is 7.05 Å². The minimum absolute atomic E-state index is 0.340. The van der Waals surface area contributed by atoms with Crippen LogP contribution in [0.25, 0.3) is 0 Å². The van der Waals surface area contributed by atoms with Crippen molar-refractivity contribution < 1.29 is 4.74 Å². The lowest BCUT2D eigenvalue weighted by Crippen LogP contribution is -2.06. The fourth-order valence-electron chi connectivity index (χ4n) is 1.53. The van der Waals surface area contributed by atoms with Crippen molar-refractivity contribution in [3.8, 4) is 6.01 Å². The SMILES string of the molecule is CCCOc1nc(NC)nc(Sc2cc(C)nn2C)n1. The average Bonchev–Trinajstić information content (AvgIpc) is 2.74. The average molecular weight is 294 g/mol. The lowest BCUT2D eigenvalue weighted by molar-refractivity contribution is 0.288. The van der Waals surface area contributed by atoms with Gasteiger partial charge in [0.25, 0.3) is 0 Å². The molecule has 0 fully saturated rings. The summed E-state index contributed by atoms with van der Waals surface area (Å²) in [6.07, 6.45) is 0.907. The number of nitrogens with zero attached hydrogens (tertiary/aromatic N) is 5. The first-order valence-electron chi connectivity index (χ1n) is 6.37. The van der Waals surface area contributed by atoms with E-state index in [1.54, 1.807) is 11.7 Å². The molecule has 0 bridgehead atoms. The normalized spacial score (nSPS) is 10.6. The molecule has 0 saturated heterocycles. The van der Waals surface area contributed by atoms with Crippen LogP contribution in [0.2, 0.25) is 0 Å². The standard InChI is InChI=1S/C12H18N6OS/c1-5-6-19-11-14-10(13-3)15-12(16-11)20-9-7-8(2)17-18(9)4/h7H,5-6H2,1-4H3,(H,13,14,15,16). The molecule has 0 saturated carbocycles. The summed E-state index contributed by atoms with van der Waals surface area (Å²) in [5.74, 6) is 0.493. The van der Waals surface area contributed by atoms with E-state index in [0.717, 1.165) is 17.1 Å². The van der Waals surface area contributed by atoms with Gasteiger partial charge in [0.2, 0.25) is 11.1 Å². The number of ether oxygens (including phenoxy) is 1. The van der Waals surface area contributed by atoms with E-state index in [2.05, 4.69) is 25.4 Å². The summed E-state index contributed by atoms with van der Waals surface area (Å²) in [5.41, 5.74) is 0.959. The summed E-state index contributed by atoms with van der Waals surface area (Å²) >= 11 is 1.43. The second-order valence-electron chi connectivity index (χ2n) is 4.17. The van der Waals surface area contributed by atoms with Crippen molar-refractivity contribution in [3.05, 3.63) is 11.8 Å². The van der Waals surface area contributed by atoms with Gasteiger partial charge >= 0.3 is 6.01 Å². The summed E-state index contributed by atoms with van der Waals surface area (Å²) in [5, 5.41) is 8.76. The van der Waals surface area contributed by atoms with E-state index >= 15 is 0 Å². The number of hydrogen-bond donors (Lipinski definition) is 1. The summed E-state index contributed by atoms with van der Waals surface area (Å²) < 4.78 is 7.27. The fourth-order valence-corrected chi connectivity index (χ4v) is 2.37. The molecule has 7 nitrogen and oxygen atoms in total. The molecule has 0 spiro atoms. The zero-order valence-corrected chi connectivity index (χ0v) is 12.9. The van der Waals surface area contributed by atoms with E-state index in [1.165, 1.54) is 11.8 Å². The van der Waals surface area contributed by atoms with Gasteiger partial charge in [0.15, 0.2) is 0 Å². The van der Waals surface area contributed by atoms with Crippen LogP contribution in [0.3, 0.4) is 0 Å². The molecule has 108 valence electrons. The van der Waals surface area contributed by atoms with Gasteiger partial charge in [0.05, 0.1) is 12.3 Å². The number of anilines is 1. The molecule has 2 aromatic rings. The Bertz CT molecular complexity index is 585. The molecule has 0 aliphatic rings. The van der Waals surface area contributed by atoms with E-state index in [9.17, 15) is 0 Å². The van der Waals surface area contributed by atoms with Crippen LogP contribution in [0, 0.1) is 6.92 Å². The van der Waals surface area contributed by atoms with Gasteiger partial charge in [-0.15, -0.1) is 0 Å². The van der Waals surface area contributed by atoms with Crippen LogP contribution in [-0.4, -0.2) is 38.4 Å². The molecule has 0 aliphatic carbocycles. The summed E-state index contributed by atoms with van der Waals surface area (Å²) in [4.78, 5) is 12.8. The lowest BCUT2D eigenvalue weighted by Gasteiger charge is -2.07. The highest BCUT2D eigenvalue weighted by molar-refractivity contribution is 7.99. The quantitative estimate of drug-likeness (QED) is 0.871. The second-order valence-corrected chi connectivity index (χ2v) is 5.16. The molecule has 0 unspecified atom stereocenters. The van der Waals surface area contributed by atoms with Crippen molar-refractivity contribution in [1.29, 1.82) is 0 Å². The van der Waals surface area contributed by atoms with Crippen molar-refractivity contribution in [2.45, 2.75) is 30.5 Å². The van der Waals surface area contributed by atoms with Gasteiger partial charge in [-0.25, -0.2) is 0 Å². The molecule has 0 aromatic carbocycles. The van der Waals surface area contributed by atoms with Gasteiger partial charge in [0, 0.05) is 14.1 Å². The molecule has 0 amide bonds. The van der Waals surface area contributed by atoms with Crippen LogP contribution in [-0.2, 0) is 7.05 Å². The predicted molar refractivity (Wildman–Crippen MR) is 77.2 cm³/mol. The number of rotatable bonds is 6. The van der Waals surface area contributed by atoms with Gasteiger partial charge in [-0.1, -0.05) is 6.92 Å². The smallest absolute Gasteiger partial charge is 0.322 e. The molecule has 8 heteroatoms. The summed E-state index contributed by atoms with van der Waals surface area (Å²) in [7, 11) is 3.66. The molecule has 0 aliphatic heterocycles. The summed E-state index contributed by atoms with van der Waals surface area (Å²) in [6.45, 7) is 4.57. The monoisotopic (exact) mass is 294 g/mol. The Morgan fingerprint density at radius 1 is 1.35 bits per heavy atom. The molecule has 20 heavy (non-hydrogen) atoms. The Kier molecular flexibility index (Phi) is 4.78.